The van der Waals surface area contributed by atoms with Crippen molar-refractivity contribution in [1.82, 2.24) is 9.78 Å². The predicted molar refractivity (Wildman–Crippen MR) is 45.2 cm³/mol. The van der Waals surface area contributed by atoms with E-state index in [-0.39, 0.29) is 24.7 Å². The van der Waals surface area contributed by atoms with Gasteiger partial charge in [-0.2, -0.15) is 5.10 Å². The minimum atomic E-state index is -0.141. The first-order chi connectivity index (χ1) is 6.16. The average molecular weight is 179 g/mol. The fourth-order valence-electron chi connectivity index (χ4n) is 1.37. The number of anilines is 1. The van der Waals surface area contributed by atoms with Crippen molar-refractivity contribution in [2.24, 2.45) is 7.05 Å². The highest BCUT2D eigenvalue weighted by Crippen LogP contribution is 2.17. The van der Waals surface area contributed by atoms with Crippen molar-refractivity contribution < 1.29 is 9.59 Å². The van der Waals surface area contributed by atoms with E-state index in [0.29, 0.717) is 5.69 Å². The third-order valence-electron chi connectivity index (χ3n) is 1.99. The molecule has 13 heavy (non-hydrogen) atoms. The van der Waals surface area contributed by atoms with E-state index in [1.165, 1.54) is 4.90 Å². The number of nitrogens with zero attached hydrogens (tertiary/aromatic N) is 3. The Kier molecular flexibility index (Phi) is 1.65. The topological polar surface area (TPSA) is 55.2 Å². The summed E-state index contributed by atoms with van der Waals surface area (Å²) in [7, 11) is 1.77. The van der Waals surface area contributed by atoms with Crippen LogP contribution in [0.5, 0.6) is 0 Å². The Hall–Kier alpha value is -1.65. The summed E-state index contributed by atoms with van der Waals surface area (Å²) in [5.74, 6) is -0.174. The fraction of sp³-hybridized carbons (Fsp3) is 0.375. The molecule has 0 aliphatic carbocycles. The highest BCUT2D eigenvalue weighted by molar-refractivity contribution is 6.14. The number of amides is 1. The molecule has 0 atom stereocenters. The van der Waals surface area contributed by atoms with Crippen molar-refractivity contribution in [2.75, 3.05) is 11.4 Å². The number of carbonyl (C=O) groups is 2. The number of Topliss-reactive ketones (excluding diaryl/α,β-unsaturated/α-hetero) is 1. The van der Waals surface area contributed by atoms with E-state index in [0.717, 1.165) is 0 Å². The molecule has 1 fully saturated rings. The number of aromatic nitrogens is 2. The van der Waals surface area contributed by atoms with Gasteiger partial charge < -0.3 is 4.90 Å². The lowest BCUT2D eigenvalue weighted by atomic mass is 10.3. The summed E-state index contributed by atoms with van der Waals surface area (Å²) in [5, 5.41) is 3.93. The van der Waals surface area contributed by atoms with Gasteiger partial charge in [-0.1, -0.05) is 0 Å². The maximum absolute atomic E-state index is 11.3. The molecule has 1 amide bonds. The number of hydrogen-bond donors (Lipinski definition) is 0. The first-order valence-corrected chi connectivity index (χ1v) is 3.97. The first kappa shape index (κ1) is 7.97. The van der Waals surface area contributed by atoms with Crippen molar-refractivity contribution in [2.45, 2.75) is 6.42 Å². The van der Waals surface area contributed by atoms with Crippen molar-refractivity contribution in [1.29, 1.82) is 0 Å². The predicted octanol–water partition coefficient (Wildman–Crippen LogP) is -0.274. The minimum Gasteiger partial charge on any atom is -0.302 e. The third kappa shape index (κ3) is 1.32. The number of rotatable bonds is 1. The first-order valence-electron chi connectivity index (χ1n) is 3.97. The van der Waals surface area contributed by atoms with Gasteiger partial charge in [0.2, 0.25) is 5.91 Å². The molecule has 5 heteroatoms. The molecule has 0 spiro atoms. The van der Waals surface area contributed by atoms with Crippen LogP contribution in [-0.2, 0) is 16.6 Å². The summed E-state index contributed by atoms with van der Waals surface area (Å²) >= 11 is 0. The average Bonchev–Trinajstić information content (AvgIpc) is 2.58. The van der Waals surface area contributed by atoms with Gasteiger partial charge in [-0.15, -0.1) is 0 Å². The van der Waals surface area contributed by atoms with Gasteiger partial charge in [0.05, 0.1) is 24.8 Å². The third-order valence-corrected chi connectivity index (χ3v) is 1.99. The van der Waals surface area contributed by atoms with Gasteiger partial charge in [0.1, 0.15) is 0 Å². The summed E-state index contributed by atoms with van der Waals surface area (Å²) in [6, 6.07) is 0. The quantitative estimate of drug-likeness (QED) is 0.557. The second kappa shape index (κ2) is 2.69. The van der Waals surface area contributed by atoms with Crippen molar-refractivity contribution >= 4 is 17.4 Å². The summed E-state index contributed by atoms with van der Waals surface area (Å²) in [6.45, 7) is 0.185. The summed E-state index contributed by atoms with van der Waals surface area (Å²) in [6.07, 6.45) is 3.32. The molecule has 0 aromatic carbocycles. The molecular weight excluding hydrogens is 170 g/mol. The molecule has 2 rings (SSSR count). The van der Waals surface area contributed by atoms with Gasteiger partial charge in [-0.3, -0.25) is 14.3 Å². The van der Waals surface area contributed by atoms with Gasteiger partial charge in [-0.05, 0) is 0 Å². The number of ketones is 1. The Morgan fingerprint density at radius 3 is 2.69 bits per heavy atom. The zero-order valence-electron chi connectivity index (χ0n) is 7.23. The molecule has 1 aliphatic heterocycles. The summed E-state index contributed by atoms with van der Waals surface area (Å²) < 4.78 is 1.60. The van der Waals surface area contributed by atoms with E-state index in [9.17, 15) is 9.59 Å². The van der Waals surface area contributed by atoms with Crippen molar-refractivity contribution in [3.05, 3.63) is 12.4 Å². The second-order valence-corrected chi connectivity index (χ2v) is 3.07. The van der Waals surface area contributed by atoms with Crippen LogP contribution in [0.1, 0.15) is 6.42 Å². The Labute approximate surface area is 74.9 Å². The molecule has 1 saturated heterocycles. The lowest BCUT2D eigenvalue weighted by Gasteiger charge is -2.10. The lowest BCUT2D eigenvalue weighted by molar-refractivity contribution is -0.121. The van der Waals surface area contributed by atoms with Crippen LogP contribution in [-0.4, -0.2) is 28.0 Å². The molecule has 1 aromatic rings. The smallest absolute Gasteiger partial charge is 0.235 e. The number of hydrogen-bond acceptors (Lipinski definition) is 3. The Bertz CT molecular complexity index is 369. The van der Waals surface area contributed by atoms with Crippen LogP contribution >= 0.6 is 0 Å². The maximum Gasteiger partial charge on any atom is 0.235 e. The van der Waals surface area contributed by atoms with Crippen LogP contribution in [0.4, 0.5) is 5.69 Å². The molecule has 0 radical (unpaired) electrons. The van der Waals surface area contributed by atoms with Gasteiger partial charge >= 0.3 is 0 Å². The van der Waals surface area contributed by atoms with Crippen molar-refractivity contribution in [3.8, 4) is 0 Å². The van der Waals surface area contributed by atoms with E-state index in [1.807, 2.05) is 0 Å². The molecule has 0 unspecified atom stereocenters. The van der Waals surface area contributed by atoms with Crippen LogP contribution in [0, 0.1) is 0 Å². The van der Waals surface area contributed by atoms with E-state index >= 15 is 0 Å². The fourth-order valence-corrected chi connectivity index (χ4v) is 1.37. The van der Waals surface area contributed by atoms with Crippen LogP contribution in [0.2, 0.25) is 0 Å². The molecule has 0 N–H and O–H groups in total. The second-order valence-electron chi connectivity index (χ2n) is 3.07. The molecule has 2 heterocycles. The normalized spacial score (nSPS) is 17.2. The molecule has 1 aliphatic rings. The summed E-state index contributed by atoms with van der Waals surface area (Å²) in [4.78, 5) is 23.7. The summed E-state index contributed by atoms with van der Waals surface area (Å²) in [5.41, 5.74) is 0.693. The monoisotopic (exact) mass is 179 g/mol. The molecule has 68 valence electrons. The lowest BCUT2D eigenvalue weighted by Crippen LogP contribution is -2.23. The largest absolute Gasteiger partial charge is 0.302 e. The Morgan fingerprint density at radius 2 is 2.23 bits per heavy atom. The molecule has 0 saturated carbocycles. The van der Waals surface area contributed by atoms with E-state index in [4.69, 9.17) is 0 Å². The zero-order chi connectivity index (χ0) is 9.42. The minimum absolute atomic E-state index is 0.0227. The van der Waals surface area contributed by atoms with E-state index in [2.05, 4.69) is 5.10 Å². The Morgan fingerprint density at radius 1 is 1.46 bits per heavy atom. The number of aryl methyl sites for hydroxylation is 1. The van der Waals surface area contributed by atoms with Gasteiger partial charge in [0.25, 0.3) is 0 Å². The molecule has 5 nitrogen and oxygen atoms in total. The molecule has 0 bridgehead atoms. The van der Waals surface area contributed by atoms with Gasteiger partial charge in [0.15, 0.2) is 5.78 Å². The van der Waals surface area contributed by atoms with Crippen LogP contribution in [0.15, 0.2) is 12.4 Å². The maximum atomic E-state index is 11.3. The molecule has 1 aromatic heterocycles. The van der Waals surface area contributed by atoms with Gasteiger partial charge in [0, 0.05) is 13.2 Å². The highest BCUT2D eigenvalue weighted by atomic mass is 16.2. The molecular formula is C8H9N3O2. The van der Waals surface area contributed by atoms with E-state index in [1.54, 1.807) is 24.1 Å². The highest BCUT2D eigenvalue weighted by Gasteiger charge is 2.29. The van der Waals surface area contributed by atoms with Crippen LogP contribution in [0.25, 0.3) is 0 Å². The van der Waals surface area contributed by atoms with E-state index < -0.39 is 0 Å². The Balaban J connectivity index is 2.27. The zero-order valence-corrected chi connectivity index (χ0v) is 7.23. The van der Waals surface area contributed by atoms with Gasteiger partial charge in [-0.25, -0.2) is 0 Å². The van der Waals surface area contributed by atoms with Crippen LogP contribution in [0.3, 0.4) is 0 Å². The SMILES string of the molecule is Cn1cc(N2CC(=O)CC2=O)cn1. The standard InChI is InChI=1S/C8H9N3O2/c1-10-4-6(3-9-10)11-5-7(12)2-8(11)13/h3-4H,2,5H2,1H3. The van der Waals surface area contributed by atoms with Crippen molar-refractivity contribution in [3.63, 3.8) is 0 Å². The number of carbonyl (C=O) groups excluding carboxylic acids is 2. The van der Waals surface area contributed by atoms with Crippen LogP contribution < -0.4 is 4.90 Å².